The maximum atomic E-state index is 12.6. The molecule has 25 heavy (non-hydrogen) atoms. The summed E-state index contributed by atoms with van der Waals surface area (Å²) in [5.74, 6) is 1.39. The number of nitrogens with one attached hydrogen (secondary N) is 1. The fourth-order valence-corrected chi connectivity index (χ4v) is 3.22. The van der Waals surface area contributed by atoms with Crippen LogP contribution in [-0.2, 0) is 0 Å². The Morgan fingerprint density at radius 3 is 2.88 bits per heavy atom. The van der Waals surface area contributed by atoms with Gasteiger partial charge >= 0.3 is 0 Å². The van der Waals surface area contributed by atoms with E-state index in [0.29, 0.717) is 37.7 Å². The minimum Gasteiger partial charge on any atom is -0.486 e. The molecule has 1 aromatic heterocycles. The second kappa shape index (κ2) is 6.62. The van der Waals surface area contributed by atoms with Gasteiger partial charge in [0.15, 0.2) is 17.2 Å². The molecule has 1 saturated heterocycles. The number of amides is 1. The van der Waals surface area contributed by atoms with Gasteiger partial charge < -0.3 is 19.7 Å². The summed E-state index contributed by atoms with van der Waals surface area (Å²) in [7, 11) is 0. The first-order valence-corrected chi connectivity index (χ1v) is 8.45. The highest BCUT2D eigenvalue weighted by molar-refractivity contribution is 5.93. The molecule has 1 unspecified atom stereocenters. The number of benzene rings is 1. The van der Waals surface area contributed by atoms with E-state index in [1.54, 1.807) is 11.8 Å². The molecule has 1 aromatic carbocycles. The van der Waals surface area contributed by atoms with E-state index in [-0.39, 0.29) is 11.9 Å². The lowest BCUT2D eigenvalue weighted by Crippen LogP contribution is -2.45. The van der Waals surface area contributed by atoms with Crippen molar-refractivity contribution in [2.24, 2.45) is 0 Å². The largest absolute Gasteiger partial charge is 0.486 e. The standard InChI is InChI=1S/C17H20N4O4/c1-11-16(20-25-19-11)17(22)21-6-2-3-13(10-21)18-12-4-5-14-15(9-12)24-8-7-23-14/h4-5,9,13,18H,2-3,6-8,10H2,1H3. The first kappa shape index (κ1) is 15.7. The summed E-state index contributed by atoms with van der Waals surface area (Å²) in [6.07, 6.45) is 1.92. The zero-order chi connectivity index (χ0) is 17.2. The molecule has 0 radical (unpaired) electrons. The lowest BCUT2D eigenvalue weighted by Gasteiger charge is -2.33. The highest BCUT2D eigenvalue weighted by Gasteiger charge is 2.28. The van der Waals surface area contributed by atoms with Crippen molar-refractivity contribution in [2.45, 2.75) is 25.8 Å². The quantitative estimate of drug-likeness (QED) is 0.909. The van der Waals surface area contributed by atoms with Gasteiger partial charge in [-0.15, -0.1) is 0 Å². The van der Waals surface area contributed by atoms with E-state index in [1.165, 1.54) is 0 Å². The summed E-state index contributed by atoms with van der Waals surface area (Å²) >= 11 is 0. The second-order valence-corrected chi connectivity index (χ2v) is 6.29. The summed E-state index contributed by atoms with van der Waals surface area (Å²) in [5.41, 5.74) is 1.77. The number of likely N-dealkylation sites (tertiary alicyclic amines) is 1. The number of anilines is 1. The van der Waals surface area contributed by atoms with Gasteiger partial charge in [-0.1, -0.05) is 5.16 Å². The highest BCUT2D eigenvalue weighted by atomic mass is 16.6. The number of carbonyl (C=O) groups excluding carboxylic acids is 1. The fourth-order valence-electron chi connectivity index (χ4n) is 3.22. The van der Waals surface area contributed by atoms with E-state index in [9.17, 15) is 4.79 Å². The molecule has 0 bridgehead atoms. The van der Waals surface area contributed by atoms with Crippen molar-refractivity contribution in [1.29, 1.82) is 0 Å². The number of rotatable bonds is 3. The summed E-state index contributed by atoms with van der Waals surface area (Å²) < 4.78 is 15.8. The number of ether oxygens (including phenoxy) is 2. The van der Waals surface area contributed by atoms with Crippen LogP contribution in [0.15, 0.2) is 22.8 Å². The molecule has 1 N–H and O–H groups in total. The van der Waals surface area contributed by atoms with Gasteiger partial charge in [-0.05, 0) is 37.1 Å². The number of nitrogens with zero attached hydrogens (tertiary/aromatic N) is 3. The third-order valence-electron chi connectivity index (χ3n) is 4.48. The van der Waals surface area contributed by atoms with E-state index in [4.69, 9.17) is 9.47 Å². The molecule has 2 aromatic rings. The van der Waals surface area contributed by atoms with Gasteiger partial charge in [0.25, 0.3) is 5.91 Å². The SMILES string of the molecule is Cc1nonc1C(=O)N1CCCC(Nc2ccc3c(c2)OCCO3)C1. The highest BCUT2D eigenvalue weighted by Crippen LogP contribution is 2.33. The van der Waals surface area contributed by atoms with Gasteiger partial charge in [0.2, 0.25) is 0 Å². The zero-order valence-electron chi connectivity index (χ0n) is 14.0. The van der Waals surface area contributed by atoms with E-state index < -0.39 is 0 Å². The smallest absolute Gasteiger partial charge is 0.278 e. The van der Waals surface area contributed by atoms with Crippen LogP contribution >= 0.6 is 0 Å². The Balaban J connectivity index is 1.43. The summed E-state index contributed by atoms with van der Waals surface area (Å²) in [4.78, 5) is 14.4. The molecule has 8 nitrogen and oxygen atoms in total. The third kappa shape index (κ3) is 3.24. The number of hydrogen-bond donors (Lipinski definition) is 1. The Morgan fingerprint density at radius 2 is 2.08 bits per heavy atom. The van der Waals surface area contributed by atoms with Crippen molar-refractivity contribution >= 4 is 11.6 Å². The minimum atomic E-state index is -0.132. The van der Waals surface area contributed by atoms with E-state index in [0.717, 1.165) is 30.0 Å². The van der Waals surface area contributed by atoms with Gasteiger partial charge in [0.1, 0.15) is 18.9 Å². The Kier molecular flexibility index (Phi) is 4.17. The maximum Gasteiger partial charge on any atom is 0.278 e. The topological polar surface area (TPSA) is 89.7 Å². The molecule has 1 amide bonds. The van der Waals surface area contributed by atoms with Crippen LogP contribution in [0.3, 0.4) is 0 Å². The number of aromatic nitrogens is 2. The number of fused-ring (bicyclic) bond motifs is 1. The number of carbonyl (C=O) groups is 1. The van der Waals surface area contributed by atoms with Crippen molar-refractivity contribution < 1.29 is 18.9 Å². The molecule has 1 atom stereocenters. The zero-order valence-corrected chi connectivity index (χ0v) is 14.0. The molecule has 0 saturated carbocycles. The third-order valence-corrected chi connectivity index (χ3v) is 4.48. The first-order valence-electron chi connectivity index (χ1n) is 8.45. The molecule has 3 heterocycles. The maximum absolute atomic E-state index is 12.6. The van der Waals surface area contributed by atoms with Crippen LogP contribution in [0.4, 0.5) is 5.69 Å². The van der Waals surface area contributed by atoms with Crippen LogP contribution in [-0.4, -0.2) is 53.5 Å². The second-order valence-electron chi connectivity index (χ2n) is 6.29. The van der Waals surface area contributed by atoms with Crippen LogP contribution < -0.4 is 14.8 Å². The monoisotopic (exact) mass is 344 g/mol. The lowest BCUT2D eigenvalue weighted by atomic mass is 10.0. The van der Waals surface area contributed by atoms with Crippen molar-refractivity contribution in [2.75, 3.05) is 31.6 Å². The van der Waals surface area contributed by atoms with Gasteiger partial charge in [-0.25, -0.2) is 4.63 Å². The molecule has 2 aliphatic rings. The van der Waals surface area contributed by atoms with Gasteiger partial charge in [-0.2, -0.15) is 0 Å². The first-order chi connectivity index (χ1) is 12.2. The minimum absolute atomic E-state index is 0.132. The molecular formula is C17H20N4O4. The summed E-state index contributed by atoms with van der Waals surface area (Å²) in [6.45, 7) is 4.19. The predicted molar refractivity (Wildman–Crippen MR) is 89.0 cm³/mol. The van der Waals surface area contributed by atoms with E-state index >= 15 is 0 Å². The summed E-state index contributed by atoms with van der Waals surface area (Å²) in [6, 6.07) is 5.99. The number of aryl methyl sites for hydroxylation is 1. The molecule has 8 heteroatoms. The van der Waals surface area contributed by atoms with Crippen molar-refractivity contribution in [3.8, 4) is 11.5 Å². The summed E-state index contributed by atoms with van der Waals surface area (Å²) in [5, 5.41) is 10.9. The Labute approximate surface area is 145 Å². The van der Waals surface area contributed by atoms with Crippen LogP contribution in [0.1, 0.15) is 29.0 Å². The Bertz CT molecular complexity index is 776. The van der Waals surface area contributed by atoms with E-state index in [2.05, 4.69) is 20.3 Å². The average molecular weight is 344 g/mol. The normalized spacial score (nSPS) is 19.6. The van der Waals surface area contributed by atoms with Gasteiger partial charge in [0.05, 0.1) is 0 Å². The fraction of sp³-hybridized carbons (Fsp3) is 0.471. The van der Waals surface area contributed by atoms with Crippen molar-refractivity contribution in [1.82, 2.24) is 15.2 Å². The lowest BCUT2D eigenvalue weighted by molar-refractivity contribution is 0.0703. The van der Waals surface area contributed by atoms with Gasteiger partial charge in [-0.3, -0.25) is 4.79 Å². The number of hydrogen-bond acceptors (Lipinski definition) is 7. The van der Waals surface area contributed by atoms with Crippen molar-refractivity contribution in [3.05, 3.63) is 29.6 Å². The van der Waals surface area contributed by atoms with E-state index in [1.807, 2.05) is 18.2 Å². The molecule has 132 valence electrons. The molecule has 1 fully saturated rings. The predicted octanol–water partition coefficient (Wildman–Crippen LogP) is 1.87. The molecule has 4 rings (SSSR count). The molecule has 0 spiro atoms. The number of piperidine rings is 1. The van der Waals surface area contributed by atoms with Crippen LogP contribution in [0.2, 0.25) is 0 Å². The van der Waals surface area contributed by atoms with Crippen molar-refractivity contribution in [3.63, 3.8) is 0 Å². The Morgan fingerprint density at radius 1 is 1.24 bits per heavy atom. The molecule has 2 aliphatic heterocycles. The molecule has 0 aliphatic carbocycles. The van der Waals surface area contributed by atoms with Crippen LogP contribution in [0.5, 0.6) is 11.5 Å². The van der Waals surface area contributed by atoms with Gasteiger partial charge in [0, 0.05) is 30.9 Å². The van der Waals surface area contributed by atoms with Crippen LogP contribution in [0, 0.1) is 6.92 Å². The average Bonchev–Trinajstić information content (AvgIpc) is 3.07. The Hall–Kier alpha value is -2.77. The molecular weight excluding hydrogens is 324 g/mol. The van der Waals surface area contributed by atoms with Crippen LogP contribution in [0.25, 0.3) is 0 Å².